The van der Waals surface area contributed by atoms with Gasteiger partial charge in [-0.25, -0.2) is 0 Å². The predicted octanol–water partition coefficient (Wildman–Crippen LogP) is 5.61. The molecular formula is C21H28N2S. The molecule has 2 aromatic carbocycles. The van der Waals surface area contributed by atoms with Crippen molar-refractivity contribution in [2.45, 2.75) is 47.1 Å². The zero-order valence-corrected chi connectivity index (χ0v) is 16.0. The summed E-state index contributed by atoms with van der Waals surface area (Å²) in [5, 5.41) is 4.27. The fourth-order valence-corrected chi connectivity index (χ4v) is 2.96. The molecule has 0 aromatic heterocycles. The monoisotopic (exact) mass is 340 g/mol. The summed E-state index contributed by atoms with van der Waals surface area (Å²) < 4.78 is 0. The number of aryl methyl sites for hydroxylation is 3. The van der Waals surface area contributed by atoms with Crippen molar-refractivity contribution in [2.75, 3.05) is 11.9 Å². The third kappa shape index (κ3) is 5.07. The van der Waals surface area contributed by atoms with Crippen molar-refractivity contribution >= 4 is 23.0 Å². The standard InChI is InChI=1S/C21H28N2S/c1-5-6-12-23(15-19-10-8-7-9-11-19)21(24)22-20-14-17(3)16(2)13-18(20)4/h7-11,13-14H,5-6,12,15H2,1-4H3,(H,22,24). The van der Waals surface area contributed by atoms with Crippen LogP contribution in [-0.4, -0.2) is 16.6 Å². The Kier molecular flexibility index (Phi) is 6.80. The van der Waals surface area contributed by atoms with Crippen molar-refractivity contribution in [3.05, 3.63) is 64.7 Å². The van der Waals surface area contributed by atoms with Gasteiger partial charge in [-0.05, 0) is 67.7 Å². The van der Waals surface area contributed by atoms with Crippen molar-refractivity contribution < 1.29 is 0 Å². The minimum absolute atomic E-state index is 0.804. The van der Waals surface area contributed by atoms with Gasteiger partial charge in [0.05, 0.1) is 0 Å². The summed E-state index contributed by atoms with van der Waals surface area (Å²) in [5.74, 6) is 0. The molecule has 0 aliphatic carbocycles. The van der Waals surface area contributed by atoms with E-state index in [1.54, 1.807) is 0 Å². The van der Waals surface area contributed by atoms with Crippen LogP contribution in [0.2, 0.25) is 0 Å². The fourth-order valence-electron chi connectivity index (χ4n) is 2.69. The van der Waals surface area contributed by atoms with Crippen LogP contribution in [0, 0.1) is 20.8 Å². The van der Waals surface area contributed by atoms with E-state index >= 15 is 0 Å². The second-order valence-corrected chi connectivity index (χ2v) is 6.83. The molecule has 0 amide bonds. The van der Waals surface area contributed by atoms with Crippen LogP contribution >= 0.6 is 12.2 Å². The molecule has 24 heavy (non-hydrogen) atoms. The summed E-state index contributed by atoms with van der Waals surface area (Å²) in [5.41, 5.74) is 6.23. The van der Waals surface area contributed by atoms with Crippen LogP contribution in [0.25, 0.3) is 0 Å². The van der Waals surface area contributed by atoms with Gasteiger partial charge in [0.25, 0.3) is 0 Å². The molecule has 0 heterocycles. The highest BCUT2D eigenvalue weighted by molar-refractivity contribution is 7.80. The van der Waals surface area contributed by atoms with Crippen molar-refractivity contribution in [2.24, 2.45) is 0 Å². The number of nitrogens with one attached hydrogen (secondary N) is 1. The molecule has 0 saturated carbocycles. The highest BCUT2D eigenvalue weighted by Crippen LogP contribution is 2.21. The molecule has 0 aliphatic heterocycles. The lowest BCUT2D eigenvalue weighted by atomic mass is 10.1. The number of nitrogens with zero attached hydrogens (tertiary/aromatic N) is 1. The van der Waals surface area contributed by atoms with Gasteiger partial charge in [0.1, 0.15) is 0 Å². The van der Waals surface area contributed by atoms with E-state index in [2.05, 4.69) is 80.4 Å². The van der Waals surface area contributed by atoms with E-state index in [0.717, 1.165) is 36.7 Å². The third-order valence-corrected chi connectivity index (χ3v) is 4.73. The lowest BCUT2D eigenvalue weighted by Gasteiger charge is -2.27. The molecule has 128 valence electrons. The Morgan fingerprint density at radius 1 is 1.00 bits per heavy atom. The van der Waals surface area contributed by atoms with Gasteiger partial charge in [0, 0.05) is 18.8 Å². The second kappa shape index (κ2) is 8.84. The van der Waals surface area contributed by atoms with Crippen LogP contribution < -0.4 is 5.32 Å². The summed E-state index contributed by atoms with van der Waals surface area (Å²) in [6, 6.07) is 14.9. The zero-order chi connectivity index (χ0) is 17.5. The van der Waals surface area contributed by atoms with Gasteiger partial charge in [0.2, 0.25) is 0 Å². The number of unbranched alkanes of at least 4 members (excludes halogenated alkanes) is 1. The van der Waals surface area contributed by atoms with E-state index in [4.69, 9.17) is 12.2 Å². The first-order valence-corrected chi connectivity index (χ1v) is 9.09. The minimum Gasteiger partial charge on any atom is -0.345 e. The highest BCUT2D eigenvalue weighted by atomic mass is 32.1. The van der Waals surface area contributed by atoms with Crippen LogP contribution in [0.5, 0.6) is 0 Å². The van der Waals surface area contributed by atoms with Gasteiger partial charge in [-0.15, -0.1) is 0 Å². The van der Waals surface area contributed by atoms with Crippen LogP contribution in [-0.2, 0) is 6.54 Å². The first-order valence-electron chi connectivity index (χ1n) is 8.69. The summed E-state index contributed by atoms with van der Waals surface area (Å²) in [6.07, 6.45) is 2.30. The summed E-state index contributed by atoms with van der Waals surface area (Å²) in [6.45, 7) is 10.4. The van der Waals surface area contributed by atoms with Gasteiger partial charge < -0.3 is 10.2 Å². The Balaban J connectivity index is 2.14. The summed E-state index contributed by atoms with van der Waals surface area (Å²) >= 11 is 5.72. The van der Waals surface area contributed by atoms with Crippen molar-refractivity contribution in [3.8, 4) is 0 Å². The van der Waals surface area contributed by atoms with E-state index in [1.165, 1.54) is 22.3 Å². The second-order valence-electron chi connectivity index (χ2n) is 6.44. The highest BCUT2D eigenvalue weighted by Gasteiger charge is 2.12. The molecule has 0 atom stereocenters. The Bertz CT molecular complexity index is 680. The molecule has 0 bridgehead atoms. The Labute approximate surface area is 151 Å². The summed E-state index contributed by atoms with van der Waals surface area (Å²) in [4.78, 5) is 2.27. The lowest BCUT2D eigenvalue weighted by molar-refractivity contribution is 0.408. The quantitative estimate of drug-likeness (QED) is 0.688. The number of rotatable bonds is 6. The largest absolute Gasteiger partial charge is 0.345 e. The average molecular weight is 341 g/mol. The topological polar surface area (TPSA) is 15.3 Å². The first kappa shape index (κ1) is 18.5. The molecular weight excluding hydrogens is 312 g/mol. The Morgan fingerprint density at radius 2 is 1.67 bits per heavy atom. The number of hydrogen-bond donors (Lipinski definition) is 1. The molecule has 0 unspecified atom stereocenters. The molecule has 0 fully saturated rings. The first-order chi connectivity index (χ1) is 11.5. The van der Waals surface area contributed by atoms with Gasteiger partial charge in [0.15, 0.2) is 5.11 Å². The third-order valence-electron chi connectivity index (χ3n) is 4.37. The molecule has 2 nitrogen and oxygen atoms in total. The molecule has 0 aliphatic rings. The molecule has 0 saturated heterocycles. The molecule has 3 heteroatoms. The Morgan fingerprint density at radius 3 is 2.33 bits per heavy atom. The van der Waals surface area contributed by atoms with E-state index in [1.807, 2.05) is 0 Å². The molecule has 2 rings (SSSR count). The van der Waals surface area contributed by atoms with E-state index in [9.17, 15) is 0 Å². The SMILES string of the molecule is CCCCN(Cc1ccccc1)C(=S)Nc1cc(C)c(C)cc1C. The van der Waals surface area contributed by atoms with Gasteiger partial charge in [-0.2, -0.15) is 0 Å². The van der Waals surface area contributed by atoms with Crippen LogP contribution in [0.15, 0.2) is 42.5 Å². The Hall–Kier alpha value is -1.87. The number of benzene rings is 2. The van der Waals surface area contributed by atoms with Gasteiger partial charge in [-0.3, -0.25) is 0 Å². The zero-order valence-electron chi connectivity index (χ0n) is 15.2. The van der Waals surface area contributed by atoms with Crippen molar-refractivity contribution in [1.29, 1.82) is 0 Å². The number of hydrogen-bond acceptors (Lipinski definition) is 1. The van der Waals surface area contributed by atoms with E-state index < -0.39 is 0 Å². The van der Waals surface area contributed by atoms with Crippen molar-refractivity contribution in [3.63, 3.8) is 0 Å². The summed E-state index contributed by atoms with van der Waals surface area (Å²) in [7, 11) is 0. The maximum absolute atomic E-state index is 5.72. The lowest BCUT2D eigenvalue weighted by Crippen LogP contribution is -2.35. The molecule has 0 radical (unpaired) electrons. The van der Waals surface area contributed by atoms with Crippen LogP contribution in [0.4, 0.5) is 5.69 Å². The molecule has 2 aromatic rings. The maximum atomic E-state index is 5.72. The normalized spacial score (nSPS) is 10.5. The molecule has 0 spiro atoms. The van der Waals surface area contributed by atoms with Crippen molar-refractivity contribution in [1.82, 2.24) is 4.90 Å². The fraction of sp³-hybridized carbons (Fsp3) is 0.381. The number of anilines is 1. The maximum Gasteiger partial charge on any atom is 0.173 e. The minimum atomic E-state index is 0.804. The van der Waals surface area contributed by atoms with Crippen LogP contribution in [0.3, 0.4) is 0 Å². The predicted molar refractivity (Wildman–Crippen MR) is 109 cm³/mol. The number of thiocarbonyl (C=S) groups is 1. The van der Waals surface area contributed by atoms with E-state index in [0.29, 0.717) is 0 Å². The van der Waals surface area contributed by atoms with Gasteiger partial charge in [-0.1, -0.05) is 49.7 Å². The average Bonchev–Trinajstić information content (AvgIpc) is 2.57. The van der Waals surface area contributed by atoms with Gasteiger partial charge >= 0.3 is 0 Å². The van der Waals surface area contributed by atoms with Crippen LogP contribution in [0.1, 0.15) is 42.0 Å². The van der Waals surface area contributed by atoms with E-state index in [-0.39, 0.29) is 0 Å². The molecule has 1 N–H and O–H groups in total. The smallest absolute Gasteiger partial charge is 0.173 e.